The zero-order valence-corrected chi connectivity index (χ0v) is 13.7. The normalized spacial score (nSPS) is 17.6. The van der Waals surface area contributed by atoms with Crippen LogP contribution in [-0.4, -0.2) is 37.8 Å². The topological polar surface area (TPSA) is 106 Å². The summed E-state index contributed by atoms with van der Waals surface area (Å²) in [7, 11) is 0. The summed E-state index contributed by atoms with van der Waals surface area (Å²) in [6.45, 7) is 1.63. The predicted octanol–water partition coefficient (Wildman–Crippen LogP) is 1.32. The third-order valence-electron chi connectivity index (χ3n) is 4.48. The van der Waals surface area contributed by atoms with Crippen molar-refractivity contribution in [2.75, 3.05) is 23.7 Å². The fourth-order valence-electron chi connectivity index (χ4n) is 3.35. The predicted molar refractivity (Wildman–Crippen MR) is 94.8 cm³/mol. The first-order valence-corrected chi connectivity index (χ1v) is 8.28. The van der Waals surface area contributed by atoms with Gasteiger partial charge in [-0.1, -0.05) is 18.2 Å². The Kier molecular flexibility index (Phi) is 3.93. The van der Waals surface area contributed by atoms with E-state index >= 15 is 0 Å². The number of aromatic amines is 1. The molecule has 1 aliphatic rings. The molecule has 0 radical (unpaired) electrons. The summed E-state index contributed by atoms with van der Waals surface area (Å²) in [5.41, 5.74) is 6.30. The molecule has 0 aliphatic carbocycles. The van der Waals surface area contributed by atoms with Crippen molar-refractivity contribution in [1.29, 1.82) is 0 Å². The van der Waals surface area contributed by atoms with E-state index < -0.39 is 0 Å². The molecule has 3 heterocycles. The Morgan fingerprint density at radius 3 is 2.84 bits per heavy atom. The van der Waals surface area contributed by atoms with Gasteiger partial charge in [0.2, 0.25) is 5.95 Å². The molecule has 1 unspecified atom stereocenters. The quantitative estimate of drug-likeness (QED) is 0.746. The second kappa shape index (κ2) is 6.39. The van der Waals surface area contributed by atoms with Crippen LogP contribution in [0, 0.1) is 0 Å². The average Bonchev–Trinajstić information content (AvgIpc) is 3.04. The van der Waals surface area contributed by atoms with E-state index in [4.69, 9.17) is 5.73 Å². The monoisotopic (exact) mass is 337 g/mol. The molecule has 8 nitrogen and oxygen atoms in total. The number of aromatic nitrogens is 5. The summed E-state index contributed by atoms with van der Waals surface area (Å²) >= 11 is 0. The number of rotatable bonds is 3. The maximum Gasteiger partial charge on any atom is 0.347 e. The average molecular weight is 337 g/mol. The van der Waals surface area contributed by atoms with Gasteiger partial charge in [0.05, 0.1) is 5.69 Å². The van der Waals surface area contributed by atoms with E-state index in [9.17, 15) is 4.79 Å². The van der Waals surface area contributed by atoms with Crippen molar-refractivity contribution in [2.24, 2.45) is 0 Å². The molecule has 0 amide bonds. The van der Waals surface area contributed by atoms with Gasteiger partial charge in [-0.25, -0.2) is 19.4 Å². The lowest BCUT2D eigenvalue weighted by Gasteiger charge is -2.33. The molecule has 1 atom stereocenters. The molecule has 1 fully saturated rings. The Hall–Kier alpha value is -3.16. The number of nitrogens with zero attached hydrogens (tertiary/aromatic N) is 5. The van der Waals surface area contributed by atoms with Crippen molar-refractivity contribution in [2.45, 2.75) is 18.8 Å². The van der Waals surface area contributed by atoms with Crippen molar-refractivity contribution in [3.63, 3.8) is 0 Å². The molecule has 1 saturated heterocycles. The first kappa shape index (κ1) is 15.4. The van der Waals surface area contributed by atoms with Crippen LogP contribution in [0.5, 0.6) is 0 Å². The van der Waals surface area contributed by atoms with Crippen molar-refractivity contribution >= 4 is 11.8 Å². The van der Waals surface area contributed by atoms with E-state index in [2.05, 4.69) is 25.1 Å². The summed E-state index contributed by atoms with van der Waals surface area (Å²) in [6, 6.07) is 11.4. The van der Waals surface area contributed by atoms with Crippen LogP contribution >= 0.6 is 0 Å². The van der Waals surface area contributed by atoms with Gasteiger partial charge >= 0.3 is 5.69 Å². The second-order valence-corrected chi connectivity index (χ2v) is 6.12. The molecule has 3 N–H and O–H groups in total. The number of hydrogen-bond donors (Lipinski definition) is 2. The van der Waals surface area contributed by atoms with E-state index in [1.54, 1.807) is 10.8 Å². The molecular weight excluding hydrogens is 318 g/mol. The van der Waals surface area contributed by atoms with Crippen LogP contribution < -0.4 is 16.3 Å². The van der Waals surface area contributed by atoms with Crippen LogP contribution in [0.3, 0.4) is 0 Å². The van der Waals surface area contributed by atoms with Gasteiger partial charge in [-0.15, -0.1) is 0 Å². The SMILES string of the molecule is Nc1nccc(N2CCCC(c3n[nH]c(=O)n3-c3ccccc3)C2)n1. The maximum atomic E-state index is 12.3. The van der Waals surface area contributed by atoms with Gasteiger partial charge in [-0.3, -0.25) is 0 Å². The van der Waals surface area contributed by atoms with Crippen molar-refractivity contribution in [1.82, 2.24) is 24.7 Å². The lowest BCUT2D eigenvalue weighted by atomic mass is 9.97. The number of benzene rings is 1. The molecular formula is C17H19N7O. The van der Waals surface area contributed by atoms with Gasteiger partial charge in [0, 0.05) is 25.2 Å². The van der Waals surface area contributed by atoms with E-state index in [1.807, 2.05) is 36.4 Å². The van der Waals surface area contributed by atoms with Crippen molar-refractivity contribution in [3.05, 3.63) is 58.9 Å². The number of hydrogen-bond acceptors (Lipinski definition) is 6. The largest absolute Gasteiger partial charge is 0.368 e. The lowest BCUT2D eigenvalue weighted by molar-refractivity contribution is 0.483. The van der Waals surface area contributed by atoms with Gasteiger partial charge in [0.1, 0.15) is 11.6 Å². The van der Waals surface area contributed by atoms with Crippen LogP contribution in [0.1, 0.15) is 24.6 Å². The minimum atomic E-state index is -0.218. The van der Waals surface area contributed by atoms with Crippen molar-refractivity contribution in [3.8, 4) is 5.69 Å². The Morgan fingerprint density at radius 1 is 1.20 bits per heavy atom. The molecule has 0 spiro atoms. The Morgan fingerprint density at radius 2 is 2.04 bits per heavy atom. The molecule has 1 aliphatic heterocycles. The summed E-state index contributed by atoms with van der Waals surface area (Å²) in [5, 5.41) is 6.89. The summed E-state index contributed by atoms with van der Waals surface area (Å²) in [4.78, 5) is 22.7. The first-order chi connectivity index (χ1) is 12.2. The molecule has 1 aromatic carbocycles. The fraction of sp³-hybridized carbons (Fsp3) is 0.294. The number of piperidine rings is 1. The third-order valence-corrected chi connectivity index (χ3v) is 4.48. The van der Waals surface area contributed by atoms with Crippen LogP contribution in [0.2, 0.25) is 0 Å². The number of nitrogen functional groups attached to an aromatic ring is 1. The minimum absolute atomic E-state index is 0.129. The molecule has 0 bridgehead atoms. The zero-order valence-electron chi connectivity index (χ0n) is 13.7. The Balaban J connectivity index is 1.66. The third kappa shape index (κ3) is 2.98. The van der Waals surface area contributed by atoms with Gasteiger partial charge < -0.3 is 10.6 Å². The number of H-pyrrole nitrogens is 1. The maximum absolute atomic E-state index is 12.3. The number of para-hydroxylation sites is 1. The van der Waals surface area contributed by atoms with Gasteiger partial charge in [-0.2, -0.15) is 10.1 Å². The summed E-state index contributed by atoms with van der Waals surface area (Å²) in [6.07, 6.45) is 3.62. The highest BCUT2D eigenvalue weighted by Gasteiger charge is 2.27. The number of anilines is 2. The van der Waals surface area contributed by atoms with E-state index in [0.29, 0.717) is 0 Å². The molecule has 128 valence electrons. The zero-order chi connectivity index (χ0) is 17.2. The van der Waals surface area contributed by atoms with Crippen LogP contribution in [0.4, 0.5) is 11.8 Å². The smallest absolute Gasteiger partial charge is 0.347 e. The van der Waals surface area contributed by atoms with Gasteiger partial charge in [-0.05, 0) is 31.0 Å². The molecule has 0 saturated carbocycles. The molecule has 2 aromatic heterocycles. The van der Waals surface area contributed by atoms with Gasteiger partial charge in [0.15, 0.2) is 0 Å². The number of nitrogens with one attached hydrogen (secondary N) is 1. The van der Waals surface area contributed by atoms with Crippen LogP contribution in [0.15, 0.2) is 47.4 Å². The molecule has 8 heteroatoms. The summed E-state index contributed by atoms with van der Waals surface area (Å²) in [5.74, 6) is 1.95. The van der Waals surface area contributed by atoms with Crippen molar-refractivity contribution < 1.29 is 0 Å². The van der Waals surface area contributed by atoms with Crippen LogP contribution in [0.25, 0.3) is 5.69 Å². The molecule has 4 rings (SSSR count). The second-order valence-electron chi connectivity index (χ2n) is 6.12. The highest BCUT2D eigenvalue weighted by atomic mass is 16.1. The van der Waals surface area contributed by atoms with E-state index in [0.717, 1.165) is 43.3 Å². The minimum Gasteiger partial charge on any atom is -0.368 e. The van der Waals surface area contributed by atoms with E-state index in [1.165, 1.54) is 0 Å². The van der Waals surface area contributed by atoms with Crippen LogP contribution in [-0.2, 0) is 0 Å². The Labute approximate surface area is 144 Å². The highest BCUT2D eigenvalue weighted by Crippen LogP contribution is 2.28. The number of nitrogens with two attached hydrogens (primary N) is 1. The van der Waals surface area contributed by atoms with E-state index in [-0.39, 0.29) is 17.6 Å². The highest BCUT2D eigenvalue weighted by molar-refractivity contribution is 5.42. The molecule has 25 heavy (non-hydrogen) atoms. The van der Waals surface area contributed by atoms with Gasteiger partial charge in [0.25, 0.3) is 0 Å². The fourth-order valence-corrected chi connectivity index (χ4v) is 3.35. The summed E-state index contributed by atoms with van der Waals surface area (Å²) < 4.78 is 1.66. The standard InChI is InChI=1S/C17H19N7O/c18-16-19-9-8-14(20-16)23-10-4-5-12(11-23)15-21-22-17(25)24(15)13-6-2-1-3-7-13/h1-3,6-9,12H,4-5,10-11H2,(H,22,25)(H2,18,19,20). The molecule has 3 aromatic rings. The first-order valence-electron chi connectivity index (χ1n) is 8.28. The Bertz CT molecular complexity index is 918. The lowest BCUT2D eigenvalue weighted by Crippen LogP contribution is -2.36.